The fraction of sp³-hybridized carbons (Fsp3) is 0.185. The number of fused-ring (bicyclic) bond motifs is 1. The Bertz CT molecular complexity index is 1570. The molecule has 1 heterocycles. The van der Waals surface area contributed by atoms with Crippen LogP contribution in [0.2, 0.25) is 5.02 Å². The number of benzene rings is 3. The van der Waals surface area contributed by atoms with E-state index in [0.29, 0.717) is 40.3 Å². The first kappa shape index (κ1) is 25.8. The molecular weight excluding hydrogens is 519 g/mol. The SMILES string of the molecule is C#Cc1cc(-c2cccc3cc(OCc4ccnc(CS(C)(=O)=O)n4)ccc23)cc(Cl)c1OCCCl. The highest BCUT2D eigenvalue weighted by atomic mass is 35.5. The second-order valence-corrected chi connectivity index (χ2v) is 11.0. The number of sulfone groups is 1. The predicted molar refractivity (Wildman–Crippen MR) is 143 cm³/mol. The van der Waals surface area contributed by atoms with E-state index in [4.69, 9.17) is 39.1 Å². The number of ether oxygens (including phenoxy) is 2. The molecule has 0 aliphatic rings. The average Bonchev–Trinajstić information content (AvgIpc) is 2.85. The van der Waals surface area contributed by atoms with Gasteiger partial charge in [0.1, 0.15) is 30.5 Å². The standard InChI is InChI=1S/C27H22Cl2N2O4S/c1-3-18-13-20(15-25(29)27(18)34-12-10-28)23-6-4-5-19-14-22(7-8-24(19)23)35-16-21-9-11-30-26(31-21)17-36(2,32)33/h1,4-9,11,13-15H,10,12,16-17H2,2H3. The zero-order chi connectivity index (χ0) is 25.7. The second kappa shape index (κ2) is 11.2. The van der Waals surface area contributed by atoms with Gasteiger partial charge in [0.05, 0.1) is 22.2 Å². The van der Waals surface area contributed by atoms with Crippen LogP contribution in [-0.4, -0.2) is 37.1 Å². The van der Waals surface area contributed by atoms with Crippen molar-refractivity contribution >= 4 is 43.8 Å². The Hall–Kier alpha value is -3.31. The summed E-state index contributed by atoms with van der Waals surface area (Å²) in [5.74, 6) is 4.09. The normalized spacial score (nSPS) is 11.3. The van der Waals surface area contributed by atoms with Crippen LogP contribution in [0.25, 0.3) is 21.9 Å². The molecule has 3 aromatic carbocycles. The summed E-state index contributed by atoms with van der Waals surface area (Å²) in [6.45, 7) is 0.482. The fourth-order valence-corrected chi connectivity index (χ4v) is 4.69. The van der Waals surface area contributed by atoms with Crippen molar-refractivity contribution in [2.75, 3.05) is 18.7 Å². The molecule has 36 heavy (non-hydrogen) atoms. The number of terminal acetylenes is 1. The average molecular weight is 541 g/mol. The van der Waals surface area contributed by atoms with E-state index in [1.54, 1.807) is 6.07 Å². The Labute approximate surface area is 220 Å². The van der Waals surface area contributed by atoms with Crippen LogP contribution >= 0.6 is 23.2 Å². The van der Waals surface area contributed by atoms with E-state index >= 15 is 0 Å². The highest BCUT2D eigenvalue weighted by Gasteiger charge is 2.13. The molecule has 0 amide bonds. The molecule has 0 aliphatic heterocycles. The molecule has 4 rings (SSSR count). The van der Waals surface area contributed by atoms with Crippen LogP contribution in [0.1, 0.15) is 17.1 Å². The monoisotopic (exact) mass is 540 g/mol. The molecule has 0 radical (unpaired) electrons. The van der Waals surface area contributed by atoms with Crippen molar-refractivity contribution < 1.29 is 17.9 Å². The molecule has 4 aromatic rings. The number of aromatic nitrogens is 2. The minimum absolute atomic E-state index is 0.176. The molecule has 0 fully saturated rings. The number of halogens is 2. The Kier molecular flexibility index (Phi) is 8.00. The van der Waals surface area contributed by atoms with E-state index in [9.17, 15) is 8.42 Å². The van der Waals surface area contributed by atoms with Gasteiger partial charge in [-0.2, -0.15) is 0 Å². The van der Waals surface area contributed by atoms with Crippen molar-refractivity contribution in [3.8, 4) is 35.0 Å². The maximum absolute atomic E-state index is 11.5. The topological polar surface area (TPSA) is 78.4 Å². The van der Waals surface area contributed by atoms with Gasteiger partial charge in [0.15, 0.2) is 15.6 Å². The van der Waals surface area contributed by atoms with Crippen molar-refractivity contribution in [2.45, 2.75) is 12.4 Å². The summed E-state index contributed by atoms with van der Waals surface area (Å²) in [4.78, 5) is 8.29. The van der Waals surface area contributed by atoms with Gasteiger partial charge in [0.2, 0.25) is 0 Å². The Balaban J connectivity index is 1.59. The molecule has 0 atom stereocenters. The Morgan fingerprint density at radius 2 is 1.92 bits per heavy atom. The first-order valence-electron chi connectivity index (χ1n) is 10.9. The molecule has 9 heteroatoms. The van der Waals surface area contributed by atoms with E-state index in [1.807, 2.05) is 48.5 Å². The molecule has 0 unspecified atom stereocenters. The summed E-state index contributed by atoms with van der Waals surface area (Å²) < 4.78 is 34.6. The molecule has 0 N–H and O–H groups in total. The van der Waals surface area contributed by atoms with Crippen LogP contribution in [0.4, 0.5) is 0 Å². The maximum atomic E-state index is 11.5. The molecular formula is C27H22Cl2N2O4S. The summed E-state index contributed by atoms with van der Waals surface area (Å²) in [6.07, 6.45) is 8.39. The summed E-state index contributed by atoms with van der Waals surface area (Å²) in [5, 5.41) is 2.38. The van der Waals surface area contributed by atoms with Crippen LogP contribution in [0, 0.1) is 12.3 Å². The van der Waals surface area contributed by atoms with Crippen LogP contribution in [0.5, 0.6) is 11.5 Å². The number of rotatable bonds is 9. The molecule has 0 saturated heterocycles. The summed E-state index contributed by atoms with van der Waals surface area (Å²) >= 11 is 12.2. The first-order valence-corrected chi connectivity index (χ1v) is 13.9. The van der Waals surface area contributed by atoms with Gasteiger partial charge in [0.25, 0.3) is 0 Å². The zero-order valence-electron chi connectivity index (χ0n) is 19.4. The summed E-state index contributed by atoms with van der Waals surface area (Å²) in [5.41, 5.74) is 2.97. The van der Waals surface area contributed by atoms with E-state index in [0.717, 1.165) is 28.2 Å². The van der Waals surface area contributed by atoms with Crippen LogP contribution in [0.15, 0.2) is 60.8 Å². The number of hydrogen-bond donors (Lipinski definition) is 0. The van der Waals surface area contributed by atoms with E-state index < -0.39 is 9.84 Å². The maximum Gasteiger partial charge on any atom is 0.154 e. The van der Waals surface area contributed by atoms with Crippen molar-refractivity contribution in [3.05, 3.63) is 82.9 Å². The van der Waals surface area contributed by atoms with Gasteiger partial charge in [-0.25, -0.2) is 18.4 Å². The molecule has 1 aromatic heterocycles. The minimum atomic E-state index is -3.22. The van der Waals surface area contributed by atoms with Gasteiger partial charge in [-0.3, -0.25) is 0 Å². The highest BCUT2D eigenvalue weighted by molar-refractivity contribution is 7.89. The van der Waals surface area contributed by atoms with Gasteiger partial charge in [0, 0.05) is 12.5 Å². The molecule has 0 bridgehead atoms. The zero-order valence-corrected chi connectivity index (χ0v) is 21.7. The molecule has 0 spiro atoms. The molecule has 0 aliphatic carbocycles. The van der Waals surface area contributed by atoms with Crippen molar-refractivity contribution in [3.63, 3.8) is 0 Å². The Morgan fingerprint density at radius 3 is 2.67 bits per heavy atom. The second-order valence-electron chi connectivity index (χ2n) is 8.03. The van der Waals surface area contributed by atoms with E-state index in [1.165, 1.54) is 6.20 Å². The Morgan fingerprint density at radius 1 is 1.08 bits per heavy atom. The van der Waals surface area contributed by atoms with Crippen molar-refractivity contribution in [1.82, 2.24) is 9.97 Å². The third kappa shape index (κ3) is 6.27. The summed E-state index contributed by atoms with van der Waals surface area (Å²) in [6, 6.07) is 17.1. The van der Waals surface area contributed by atoms with Gasteiger partial charge >= 0.3 is 0 Å². The third-order valence-electron chi connectivity index (χ3n) is 5.23. The van der Waals surface area contributed by atoms with Crippen LogP contribution < -0.4 is 9.47 Å². The quantitative estimate of drug-likeness (QED) is 0.201. The van der Waals surface area contributed by atoms with E-state index in [-0.39, 0.29) is 18.2 Å². The lowest BCUT2D eigenvalue weighted by molar-refractivity contribution is 0.301. The number of alkyl halides is 1. The highest BCUT2D eigenvalue weighted by Crippen LogP contribution is 2.37. The molecule has 6 nitrogen and oxygen atoms in total. The van der Waals surface area contributed by atoms with Gasteiger partial charge < -0.3 is 9.47 Å². The lowest BCUT2D eigenvalue weighted by Crippen LogP contribution is -2.07. The van der Waals surface area contributed by atoms with Gasteiger partial charge in [-0.1, -0.05) is 41.8 Å². The molecule has 184 valence electrons. The largest absolute Gasteiger partial charge is 0.489 e. The minimum Gasteiger partial charge on any atom is -0.489 e. The number of hydrogen-bond acceptors (Lipinski definition) is 6. The first-order chi connectivity index (χ1) is 17.3. The van der Waals surface area contributed by atoms with Crippen molar-refractivity contribution in [1.29, 1.82) is 0 Å². The lowest BCUT2D eigenvalue weighted by Gasteiger charge is -2.14. The van der Waals surface area contributed by atoms with Gasteiger partial charge in [-0.15, -0.1) is 18.0 Å². The fourth-order valence-electron chi connectivity index (χ4n) is 3.73. The van der Waals surface area contributed by atoms with Gasteiger partial charge in [-0.05, 0) is 52.2 Å². The van der Waals surface area contributed by atoms with Crippen molar-refractivity contribution in [2.24, 2.45) is 0 Å². The van der Waals surface area contributed by atoms with Crippen LogP contribution in [0.3, 0.4) is 0 Å². The van der Waals surface area contributed by atoms with E-state index in [2.05, 4.69) is 15.9 Å². The smallest absolute Gasteiger partial charge is 0.154 e. The third-order valence-corrected chi connectivity index (χ3v) is 6.44. The lowest BCUT2D eigenvalue weighted by atomic mass is 9.96. The summed E-state index contributed by atoms with van der Waals surface area (Å²) in [7, 11) is -3.22. The number of nitrogens with zero attached hydrogens (tertiary/aromatic N) is 2. The predicted octanol–water partition coefficient (Wildman–Crippen LogP) is 5.67. The molecule has 0 saturated carbocycles. The van der Waals surface area contributed by atoms with Crippen LogP contribution in [-0.2, 0) is 22.2 Å².